The van der Waals surface area contributed by atoms with E-state index in [1.54, 1.807) is 18.2 Å². The summed E-state index contributed by atoms with van der Waals surface area (Å²) in [6.45, 7) is 21.3. The van der Waals surface area contributed by atoms with Crippen LogP contribution in [0.1, 0.15) is 85.6 Å². The van der Waals surface area contributed by atoms with Gasteiger partial charge in [0.1, 0.15) is 37.5 Å². The maximum Gasteiger partial charge on any atom is 0.407 e. The van der Waals surface area contributed by atoms with Gasteiger partial charge in [-0.05, 0) is 90.7 Å². The van der Waals surface area contributed by atoms with Crippen LogP contribution < -0.4 is 14.4 Å². The van der Waals surface area contributed by atoms with Gasteiger partial charge in [0.2, 0.25) is 0 Å². The molecule has 2 aromatic heterocycles. The number of pyridine rings is 1. The van der Waals surface area contributed by atoms with Crippen LogP contribution in [0.5, 0.6) is 11.8 Å². The van der Waals surface area contributed by atoms with Gasteiger partial charge in [-0.15, -0.1) is 5.54 Å². The summed E-state index contributed by atoms with van der Waals surface area (Å²) in [5, 5.41) is 12.1. The molecule has 6 heterocycles. The maximum atomic E-state index is 17.9. The van der Waals surface area contributed by atoms with E-state index in [9.17, 15) is 9.90 Å². The van der Waals surface area contributed by atoms with E-state index in [-0.39, 0.29) is 47.1 Å². The molecule has 13 heteroatoms. The summed E-state index contributed by atoms with van der Waals surface area (Å²) in [6, 6.07) is 9.46. The van der Waals surface area contributed by atoms with E-state index >= 15 is 4.39 Å². The lowest BCUT2D eigenvalue weighted by Gasteiger charge is -2.40. The van der Waals surface area contributed by atoms with Gasteiger partial charge in [0.25, 0.3) is 0 Å². The Balaban J connectivity index is 1.20. The fraction of sp³-hybridized carbons (Fsp3) is 0.542. The van der Waals surface area contributed by atoms with Crippen molar-refractivity contribution >= 4 is 41.7 Å². The van der Waals surface area contributed by atoms with E-state index in [4.69, 9.17) is 29.2 Å². The predicted octanol–water partition coefficient (Wildman–Crippen LogP) is 9.43. The highest BCUT2D eigenvalue weighted by molar-refractivity contribution is 6.90. The molecule has 4 saturated heterocycles. The number of nitrogens with zero attached hydrogens (tertiary/aromatic N) is 6. The van der Waals surface area contributed by atoms with Crippen LogP contribution in [0.4, 0.5) is 15.0 Å². The Labute approximate surface area is 359 Å². The fourth-order valence-electron chi connectivity index (χ4n) is 12.2. The monoisotopic (exact) mass is 846 g/mol. The van der Waals surface area contributed by atoms with Crippen molar-refractivity contribution in [2.24, 2.45) is 5.41 Å². The van der Waals surface area contributed by atoms with Crippen LogP contribution in [0.15, 0.2) is 48.7 Å². The molecule has 1 N–H and O–H groups in total. The molecule has 11 nitrogen and oxygen atoms in total. The Morgan fingerprint density at radius 1 is 1.03 bits per heavy atom. The lowest BCUT2D eigenvalue weighted by atomic mass is 9.80. The third kappa shape index (κ3) is 6.75. The van der Waals surface area contributed by atoms with Crippen LogP contribution in [0.25, 0.3) is 32.9 Å². The first kappa shape index (κ1) is 41.6. The molecule has 4 aromatic rings. The van der Waals surface area contributed by atoms with E-state index in [0.717, 1.165) is 68.0 Å². The maximum absolute atomic E-state index is 17.9. The summed E-state index contributed by atoms with van der Waals surface area (Å²) in [7, 11) is -0.557. The minimum Gasteiger partial charge on any atom is -0.468 e. The van der Waals surface area contributed by atoms with Gasteiger partial charge in [0.15, 0.2) is 12.6 Å². The Bertz CT molecular complexity index is 2440. The summed E-state index contributed by atoms with van der Waals surface area (Å²) in [5.41, 5.74) is 7.98. The van der Waals surface area contributed by atoms with Crippen molar-refractivity contribution in [2.75, 3.05) is 51.6 Å². The Morgan fingerprint density at radius 2 is 1.75 bits per heavy atom. The average molecular weight is 847 g/mol. The number of halogens is 1. The van der Waals surface area contributed by atoms with Gasteiger partial charge in [-0.1, -0.05) is 71.7 Å². The number of methoxy groups -OCH3 is 1. The lowest BCUT2D eigenvalue weighted by molar-refractivity contribution is 0.0512. The number of amides is 1. The van der Waals surface area contributed by atoms with Crippen LogP contribution in [0.3, 0.4) is 0 Å². The van der Waals surface area contributed by atoms with Crippen LogP contribution in [0, 0.1) is 22.7 Å². The van der Waals surface area contributed by atoms with Crippen molar-refractivity contribution < 1.29 is 28.5 Å². The topological polar surface area (TPSA) is 113 Å². The highest BCUT2D eigenvalue weighted by atomic mass is 28.3. The van der Waals surface area contributed by atoms with Crippen molar-refractivity contribution in [3.05, 3.63) is 60.1 Å². The summed E-state index contributed by atoms with van der Waals surface area (Å²) in [4.78, 5) is 33.2. The third-order valence-corrected chi connectivity index (χ3v) is 21.5. The second-order valence-corrected chi connectivity index (χ2v) is 24.8. The van der Waals surface area contributed by atoms with Crippen LogP contribution >= 0.6 is 0 Å². The first-order chi connectivity index (χ1) is 29.2. The Kier molecular flexibility index (Phi) is 10.6. The van der Waals surface area contributed by atoms with E-state index in [0.29, 0.717) is 58.8 Å². The Morgan fingerprint density at radius 3 is 2.41 bits per heavy atom. The molecule has 1 saturated carbocycles. The van der Waals surface area contributed by atoms with Gasteiger partial charge in [0.05, 0.1) is 23.0 Å². The SMILES string of the molecule is C=C1CN2CCC3(CC3)C2(COc2nc(N3C[C@H]4CC[C@@H](C3)N4C(=O)O)c3cnc(-c4cc(OCOC)cc5cccc(C#C[Si](C(C)C)(C(C)C)C(C)C)c45)c(F)c3n2)C1. The number of anilines is 1. The lowest BCUT2D eigenvalue weighted by Crippen LogP contribution is -2.55. The van der Waals surface area contributed by atoms with Crippen molar-refractivity contribution in [3.63, 3.8) is 0 Å². The largest absolute Gasteiger partial charge is 0.468 e. The van der Waals surface area contributed by atoms with Crippen LogP contribution in [-0.4, -0.2) is 108 Å². The molecule has 4 aliphatic heterocycles. The fourth-order valence-corrected chi connectivity index (χ4v) is 17.4. The van der Waals surface area contributed by atoms with E-state index < -0.39 is 20.0 Å². The molecule has 1 aliphatic carbocycles. The first-order valence-corrected chi connectivity index (χ1v) is 24.3. The second-order valence-electron chi connectivity index (χ2n) is 19.3. The molecule has 3 atom stereocenters. The molecule has 1 spiro atoms. The minimum absolute atomic E-state index is 0.0192. The van der Waals surface area contributed by atoms with Crippen LogP contribution in [-0.2, 0) is 4.74 Å². The quantitative estimate of drug-likeness (QED) is 0.0678. The predicted molar refractivity (Wildman–Crippen MR) is 239 cm³/mol. The number of carboxylic acid groups (broad SMARTS) is 1. The van der Waals surface area contributed by atoms with Gasteiger partial charge < -0.3 is 24.2 Å². The third-order valence-electron chi connectivity index (χ3n) is 15.2. The van der Waals surface area contributed by atoms with Gasteiger partial charge in [0, 0.05) is 49.5 Å². The second kappa shape index (κ2) is 15.5. The highest BCUT2D eigenvalue weighted by Crippen LogP contribution is 2.66. The summed E-state index contributed by atoms with van der Waals surface area (Å²) >= 11 is 0. The molecule has 9 rings (SSSR count). The van der Waals surface area contributed by atoms with Crippen molar-refractivity contribution in [1.29, 1.82) is 0 Å². The number of hydrogen-bond donors (Lipinski definition) is 1. The smallest absolute Gasteiger partial charge is 0.407 e. The highest BCUT2D eigenvalue weighted by Gasteiger charge is 2.67. The zero-order valence-corrected chi connectivity index (χ0v) is 37.7. The molecular formula is C48H59FN6O5Si. The van der Waals surface area contributed by atoms with Gasteiger partial charge in [-0.25, -0.2) is 9.18 Å². The molecule has 2 bridgehead atoms. The number of piperazine rings is 1. The molecule has 0 radical (unpaired) electrons. The number of benzene rings is 2. The Hall–Kier alpha value is -4.77. The molecule has 1 amide bonds. The number of fused-ring (bicyclic) bond motifs is 6. The molecule has 5 fully saturated rings. The number of rotatable bonds is 11. The van der Waals surface area contributed by atoms with E-state index in [1.165, 1.54) is 5.57 Å². The first-order valence-electron chi connectivity index (χ1n) is 22.1. The molecule has 322 valence electrons. The van der Waals surface area contributed by atoms with Crippen LogP contribution in [0.2, 0.25) is 16.6 Å². The molecule has 2 aromatic carbocycles. The van der Waals surface area contributed by atoms with Crippen molar-refractivity contribution in [1.82, 2.24) is 24.8 Å². The minimum atomic E-state index is -2.12. The molecular weight excluding hydrogens is 788 g/mol. The summed E-state index contributed by atoms with van der Waals surface area (Å²) in [5.74, 6) is 4.07. The summed E-state index contributed by atoms with van der Waals surface area (Å²) in [6.07, 6.45) is 6.59. The standard InChI is InChI=1S/C48H59FN6O5Si/c1-29(2)61(30(3)4,31(5)6)19-14-33-10-9-11-34-20-37(60-28-58-8)21-38(40(33)34)42-41(49)43-39(23-50-42)44(53-25-35-12-13-36(26-53)55(35)46(56)57)52-45(51-43)59-27-48-22-32(7)24-54(48)18-17-47(48)15-16-47/h9-11,20-21,23,29-31,35-36H,7,12-13,15-18,22,24-28H2,1-6,8H3,(H,56,57)/t35-,36+,48?. The van der Waals surface area contributed by atoms with E-state index in [2.05, 4.69) is 69.4 Å². The molecule has 1 unspecified atom stereocenters. The van der Waals surface area contributed by atoms with Gasteiger partial charge in [-0.3, -0.25) is 14.8 Å². The van der Waals surface area contributed by atoms with Gasteiger partial charge in [-0.2, -0.15) is 9.97 Å². The van der Waals surface area contributed by atoms with Crippen molar-refractivity contribution in [3.8, 4) is 34.5 Å². The summed E-state index contributed by atoms with van der Waals surface area (Å²) < 4.78 is 35.8. The van der Waals surface area contributed by atoms with E-state index in [1.807, 2.05) is 30.3 Å². The van der Waals surface area contributed by atoms with Crippen molar-refractivity contribution in [2.45, 2.75) is 114 Å². The zero-order valence-electron chi connectivity index (χ0n) is 36.7. The molecule has 61 heavy (non-hydrogen) atoms. The average Bonchev–Trinajstić information content (AvgIpc) is 3.79. The molecule has 5 aliphatic rings. The normalized spacial score (nSPS) is 23.2. The van der Waals surface area contributed by atoms with Gasteiger partial charge >= 0.3 is 12.1 Å². The number of aromatic nitrogens is 3. The number of hydrogen-bond acceptors (Lipinski definition) is 9. The number of ether oxygens (including phenoxy) is 3. The number of carbonyl (C=O) groups is 1. The zero-order chi connectivity index (χ0) is 43.0.